The Balaban J connectivity index is 1.10. The van der Waals surface area contributed by atoms with Crippen LogP contribution in [-0.2, 0) is 14.3 Å². The predicted octanol–water partition coefficient (Wildman–Crippen LogP) is 3.97. The van der Waals surface area contributed by atoms with Gasteiger partial charge >= 0.3 is 0 Å². The average molecular weight is 558 g/mol. The fourth-order valence-corrected chi connectivity index (χ4v) is 5.75. The van der Waals surface area contributed by atoms with E-state index in [0.29, 0.717) is 62.4 Å². The van der Waals surface area contributed by atoms with Gasteiger partial charge in [-0.15, -0.1) is 0 Å². The second kappa shape index (κ2) is 12.9. The van der Waals surface area contributed by atoms with Crippen LogP contribution in [0.5, 0.6) is 0 Å². The highest BCUT2D eigenvalue weighted by Gasteiger charge is 2.29. The summed E-state index contributed by atoms with van der Waals surface area (Å²) in [5.74, 6) is -0.724. The third-order valence-electron chi connectivity index (χ3n) is 7.87. The Labute approximate surface area is 233 Å². The molecule has 5 rings (SSSR count). The van der Waals surface area contributed by atoms with E-state index in [1.807, 2.05) is 18.2 Å². The third kappa shape index (κ3) is 6.98. The van der Waals surface area contributed by atoms with Gasteiger partial charge in [0.15, 0.2) is 5.78 Å². The molecule has 1 aliphatic carbocycles. The number of carbonyl (C=O) groups is 3. The van der Waals surface area contributed by atoms with Gasteiger partial charge in [0.05, 0.1) is 36.4 Å². The molecular formula is C28H36ClN5O5. The molecule has 0 bridgehead atoms. The highest BCUT2D eigenvalue weighted by molar-refractivity contribution is 6.33. The number of nitrogens with zero attached hydrogens (tertiary/aromatic N) is 2. The van der Waals surface area contributed by atoms with E-state index in [-0.39, 0.29) is 47.0 Å². The highest BCUT2D eigenvalue weighted by Crippen LogP contribution is 2.31. The van der Waals surface area contributed by atoms with Gasteiger partial charge in [-0.25, -0.2) is 4.98 Å². The molecule has 0 radical (unpaired) electrons. The standard InChI is InChI=1S/C28H36ClN5O5/c29-22-9-7-20(34-11-14-38-15-12-34)16-23(22)33-27(36)18-3-5-19(6-4-18)32-28(37)26-25(30-17-31-26)24(35)10-8-21-2-1-13-39-21/h7,9,16-19,21H,1-6,8,10-15H2,(H,30,31)(H,32,37)(H,33,36). The van der Waals surface area contributed by atoms with E-state index in [1.165, 1.54) is 6.33 Å². The maximum Gasteiger partial charge on any atom is 0.270 e. The zero-order valence-electron chi connectivity index (χ0n) is 22.0. The zero-order chi connectivity index (χ0) is 27.2. The van der Waals surface area contributed by atoms with Crippen molar-refractivity contribution in [2.45, 2.75) is 63.5 Å². The summed E-state index contributed by atoms with van der Waals surface area (Å²) in [4.78, 5) is 47.9. The molecule has 1 aromatic carbocycles. The maximum atomic E-state index is 13.0. The number of H-pyrrole nitrogens is 1. The molecule has 0 spiro atoms. The third-order valence-corrected chi connectivity index (χ3v) is 8.19. The van der Waals surface area contributed by atoms with E-state index in [1.54, 1.807) is 0 Å². The first-order chi connectivity index (χ1) is 19.0. The molecule has 1 aromatic heterocycles. The van der Waals surface area contributed by atoms with E-state index >= 15 is 0 Å². The van der Waals surface area contributed by atoms with Crippen molar-refractivity contribution in [3.63, 3.8) is 0 Å². The number of imidazole rings is 1. The van der Waals surface area contributed by atoms with Gasteiger partial charge < -0.3 is 30.0 Å². The number of Topliss-reactive ketones (excluding diaryl/α,β-unsaturated/α-hetero) is 1. The van der Waals surface area contributed by atoms with E-state index in [9.17, 15) is 14.4 Å². The number of ether oxygens (including phenoxy) is 2. The number of halogens is 1. The van der Waals surface area contributed by atoms with Crippen molar-refractivity contribution in [2.75, 3.05) is 43.1 Å². The summed E-state index contributed by atoms with van der Waals surface area (Å²) in [6, 6.07) is 5.61. The fourth-order valence-electron chi connectivity index (χ4n) is 5.58. The molecular weight excluding hydrogens is 522 g/mol. The summed E-state index contributed by atoms with van der Waals surface area (Å²) >= 11 is 6.39. The molecule has 10 nitrogen and oxygen atoms in total. The fraction of sp³-hybridized carbons (Fsp3) is 0.571. The molecule has 3 aliphatic rings. The Kier molecular flexibility index (Phi) is 9.16. The normalized spacial score (nSPS) is 23.4. The lowest BCUT2D eigenvalue weighted by Gasteiger charge is -2.30. The van der Waals surface area contributed by atoms with E-state index < -0.39 is 0 Å². The summed E-state index contributed by atoms with van der Waals surface area (Å²) < 4.78 is 11.0. The molecule has 1 unspecified atom stereocenters. The maximum absolute atomic E-state index is 13.0. The number of amides is 2. The van der Waals surface area contributed by atoms with Crippen LogP contribution in [-0.4, -0.2) is 72.6 Å². The number of nitrogens with one attached hydrogen (secondary N) is 3. The number of carbonyl (C=O) groups excluding carboxylic acids is 3. The summed E-state index contributed by atoms with van der Waals surface area (Å²) in [6.07, 6.45) is 7.06. The number of ketones is 1. The summed E-state index contributed by atoms with van der Waals surface area (Å²) in [5, 5.41) is 6.54. The van der Waals surface area contributed by atoms with E-state index in [0.717, 1.165) is 38.2 Å². The Hall–Kier alpha value is -2.95. The topological polar surface area (TPSA) is 126 Å². The number of hydrogen-bond donors (Lipinski definition) is 3. The van der Waals surface area contributed by atoms with Crippen molar-refractivity contribution in [3.8, 4) is 0 Å². The first kappa shape index (κ1) is 27.6. The van der Waals surface area contributed by atoms with Gasteiger partial charge in [0.25, 0.3) is 5.91 Å². The van der Waals surface area contributed by atoms with Crippen molar-refractivity contribution in [3.05, 3.63) is 40.9 Å². The molecule has 2 saturated heterocycles. The molecule has 2 aromatic rings. The number of morpholine rings is 1. The largest absolute Gasteiger partial charge is 0.378 e. The van der Waals surface area contributed by atoms with Crippen LogP contribution < -0.4 is 15.5 Å². The number of aromatic amines is 1. The minimum Gasteiger partial charge on any atom is -0.378 e. The van der Waals surface area contributed by atoms with Crippen LogP contribution in [0, 0.1) is 5.92 Å². The first-order valence-electron chi connectivity index (χ1n) is 13.9. The summed E-state index contributed by atoms with van der Waals surface area (Å²) in [5.41, 5.74) is 1.99. The van der Waals surface area contributed by atoms with Crippen LogP contribution in [0.25, 0.3) is 0 Å². The van der Waals surface area contributed by atoms with Crippen LogP contribution in [0.4, 0.5) is 11.4 Å². The quantitative estimate of drug-likeness (QED) is 0.398. The molecule has 1 atom stereocenters. The average Bonchev–Trinajstić information content (AvgIpc) is 3.67. The van der Waals surface area contributed by atoms with Crippen molar-refractivity contribution < 1.29 is 23.9 Å². The smallest absolute Gasteiger partial charge is 0.270 e. The van der Waals surface area contributed by atoms with Gasteiger partial charge in [-0.1, -0.05) is 11.6 Å². The second-order valence-electron chi connectivity index (χ2n) is 10.5. The SMILES string of the molecule is O=C(CCC1CCCO1)c1nc[nH]c1C(=O)NC1CCC(C(=O)Nc2cc(N3CCOCC3)ccc2Cl)CC1. The highest BCUT2D eigenvalue weighted by atomic mass is 35.5. The van der Waals surface area contributed by atoms with Gasteiger partial charge in [0, 0.05) is 43.8 Å². The van der Waals surface area contributed by atoms with Crippen molar-refractivity contribution in [1.82, 2.24) is 15.3 Å². The van der Waals surface area contributed by atoms with Crippen molar-refractivity contribution in [1.29, 1.82) is 0 Å². The van der Waals surface area contributed by atoms with Gasteiger partial charge in [0.1, 0.15) is 11.4 Å². The van der Waals surface area contributed by atoms with Crippen LogP contribution in [0.2, 0.25) is 5.02 Å². The van der Waals surface area contributed by atoms with Crippen LogP contribution >= 0.6 is 11.6 Å². The molecule has 210 valence electrons. The van der Waals surface area contributed by atoms with Crippen molar-refractivity contribution in [2.24, 2.45) is 5.92 Å². The summed E-state index contributed by atoms with van der Waals surface area (Å²) in [6.45, 7) is 3.70. The number of aromatic nitrogens is 2. The lowest BCUT2D eigenvalue weighted by atomic mass is 9.85. The molecule has 2 amide bonds. The Morgan fingerprint density at radius 3 is 2.62 bits per heavy atom. The van der Waals surface area contributed by atoms with Crippen LogP contribution in [0.3, 0.4) is 0 Å². The summed E-state index contributed by atoms with van der Waals surface area (Å²) in [7, 11) is 0. The van der Waals surface area contributed by atoms with E-state index in [2.05, 4.69) is 25.5 Å². The second-order valence-corrected chi connectivity index (χ2v) is 10.9. The molecule has 39 heavy (non-hydrogen) atoms. The molecule has 1 saturated carbocycles. The Bertz CT molecular complexity index is 1170. The monoisotopic (exact) mass is 557 g/mol. The molecule has 11 heteroatoms. The zero-order valence-corrected chi connectivity index (χ0v) is 22.8. The molecule has 3 heterocycles. The van der Waals surface area contributed by atoms with Gasteiger partial charge in [-0.3, -0.25) is 14.4 Å². The van der Waals surface area contributed by atoms with E-state index in [4.69, 9.17) is 21.1 Å². The minimum absolute atomic E-state index is 0.0616. The molecule has 2 aliphatic heterocycles. The van der Waals surface area contributed by atoms with Crippen molar-refractivity contribution >= 4 is 40.6 Å². The van der Waals surface area contributed by atoms with Gasteiger partial charge in [-0.2, -0.15) is 0 Å². The lowest BCUT2D eigenvalue weighted by molar-refractivity contribution is -0.120. The lowest BCUT2D eigenvalue weighted by Crippen LogP contribution is -2.40. The van der Waals surface area contributed by atoms with Gasteiger partial charge in [-0.05, 0) is 63.1 Å². The molecule has 3 N–H and O–H groups in total. The number of benzene rings is 1. The number of hydrogen-bond acceptors (Lipinski definition) is 7. The number of rotatable bonds is 9. The Morgan fingerprint density at radius 1 is 1.08 bits per heavy atom. The van der Waals surface area contributed by atoms with Crippen LogP contribution in [0.1, 0.15) is 72.3 Å². The molecule has 3 fully saturated rings. The number of anilines is 2. The Morgan fingerprint density at radius 2 is 1.87 bits per heavy atom. The van der Waals surface area contributed by atoms with Crippen LogP contribution in [0.15, 0.2) is 24.5 Å². The predicted molar refractivity (Wildman–Crippen MR) is 147 cm³/mol. The minimum atomic E-state index is -0.340. The first-order valence-corrected chi connectivity index (χ1v) is 14.3. The van der Waals surface area contributed by atoms with Gasteiger partial charge in [0.2, 0.25) is 5.91 Å².